The van der Waals surface area contributed by atoms with Crippen LogP contribution in [0.5, 0.6) is 0 Å². The molecule has 1 atom stereocenters. The maximum absolute atomic E-state index is 12.9. The molecule has 126 valence electrons. The van der Waals surface area contributed by atoms with Gasteiger partial charge in [-0.1, -0.05) is 12.1 Å². The Morgan fingerprint density at radius 3 is 2.65 bits per heavy atom. The number of anilines is 1. The molecule has 0 radical (unpaired) electrons. The van der Waals surface area contributed by atoms with Crippen molar-refractivity contribution >= 4 is 17.7 Å². The summed E-state index contributed by atoms with van der Waals surface area (Å²) in [5.74, 6) is -2.05. The summed E-state index contributed by atoms with van der Waals surface area (Å²) < 4.78 is 43.1. The molecular formula is C15H17F3N2O3. The molecule has 0 aliphatic carbocycles. The first-order chi connectivity index (χ1) is 10.8. The van der Waals surface area contributed by atoms with Crippen molar-refractivity contribution in [3.05, 3.63) is 29.8 Å². The van der Waals surface area contributed by atoms with Gasteiger partial charge in [0.15, 0.2) is 0 Å². The number of carbonyl (C=O) groups is 2. The number of hydrogen-bond donors (Lipinski definition) is 1. The molecule has 1 aromatic carbocycles. The number of piperidine rings is 1. The fourth-order valence-corrected chi connectivity index (χ4v) is 2.54. The molecule has 1 aliphatic heterocycles. The lowest BCUT2D eigenvalue weighted by Crippen LogP contribution is -2.44. The Hall–Kier alpha value is -2.25. The van der Waals surface area contributed by atoms with Crippen LogP contribution >= 0.6 is 0 Å². The Bertz CT molecular complexity index is 590. The molecule has 2 rings (SSSR count). The van der Waals surface area contributed by atoms with Crippen molar-refractivity contribution in [2.45, 2.75) is 19.0 Å². The van der Waals surface area contributed by atoms with Crippen LogP contribution in [0.15, 0.2) is 24.3 Å². The number of alkyl halides is 3. The number of methoxy groups -OCH3 is 1. The number of rotatable bonds is 2. The Kier molecular flexibility index (Phi) is 5.12. The summed E-state index contributed by atoms with van der Waals surface area (Å²) in [6.07, 6.45) is -4.75. The first-order valence-corrected chi connectivity index (χ1v) is 7.13. The highest BCUT2D eigenvalue weighted by Gasteiger charge is 2.42. The largest absolute Gasteiger partial charge is 0.453 e. The van der Waals surface area contributed by atoms with E-state index >= 15 is 0 Å². The first kappa shape index (κ1) is 17.1. The highest BCUT2D eigenvalue weighted by molar-refractivity contribution is 6.02. The average molecular weight is 330 g/mol. The maximum Gasteiger partial charge on any atom is 0.411 e. The summed E-state index contributed by atoms with van der Waals surface area (Å²) in [5, 5.41) is 2.39. The van der Waals surface area contributed by atoms with Gasteiger partial charge < -0.3 is 9.64 Å². The zero-order valence-corrected chi connectivity index (χ0v) is 12.5. The molecule has 1 aliphatic rings. The van der Waals surface area contributed by atoms with Crippen LogP contribution in [0, 0.1) is 5.92 Å². The molecule has 23 heavy (non-hydrogen) atoms. The minimum atomic E-state index is -4.32. The van der Waals surface area contributed by atoms with Gasteiger partial charge in [-0.05, 0) is 25.0 Å². The minimum Gasteiger partial charge on any atom is -0.453 e. The zero-order chi connectivity index (χ0) is 17.0. The van der Waals surface area contributed by atoms with Gasteiger partial charge in [0.2, 0.25) is 0 Å². The molecule has 1 heterocycles. The molecule has 1 fully saturated rings. The quantitative estimate of drug-likeness (QED) is 0.905. The summed E-state index contributed by atoms with van der Waals surface area (Å²) in [6.45, 7) is -0.104. The standard InChI is InChI=1S/C15H17F3N2O3/c1-23-14(22)19-12-7-3-2-6-11(12)13(21)20-8-4-5-10(9-20)15(16,17)18/h2-3,6-7,10H,4-5,8-9H2,1H3,(H,19,22)/t10-/m0/s1. The van der Waals surface area contributed by atoms with Gasteiger partial charge in [-0.15, -0.1) is 0 Å². The van der Waals surface area contributed by atoms with E-state index in [2.05, 4.69) is 10.1 Å². The van der Waals surface area contributed by atoms with E-state index in [1.54, 1.807) is 12.1 Å². The Balaban J connectivity index is 2.18. The second-order valence-electron chi connectivity index (χ2n) is 5.29. The van der Waals surface area contributed by atoms with Gasteiger partial charge in [-0.3, -0.25) is 10.1 Å². The molecule has 0 spiro atoms. The van der Waals surface area contributed by atoms with Crippen molar-refractivity contribution < 1.29 is 27.5 Å². The van der Waals surface area contributed by atoms with Crippen molar-refractivity contribution in [3.63, 3.8) is 0 Å². The molecular weight excluding hydrogens is 313 g/mol. The van der Waals surface area contributed by atoms with Gasteiger partial charge >= 0.3 is 12.3 Å². The van der Waals surface area contributed by atoms with Crippen LogP contribution in [0.4, 0.5) is 23.7 Å². The lowest BCUT2D eigenvalue weighted by atomic mass is 9.96. The lowest BCUT2D eigenvalue weighted by molar-refractivity contribution is -0.184. The van der Waals surface area contributed by atoms with E-state index in [0.717, 1.165) is 0 Å². The molecule has 5 nitrogen and oxygen atoms in total. The number of nitrogens with one attached hydrogen (secondary N) is 1. The molecule has 2 amide bonds. The van der Waals surface area contributed by atoms with E-state index in [0.29, 0.717) is 6.42 Å². The molecule has 1 saturated heterocycles. The van der Waals surface area contributed by atoms with E-state index < -0.39 is 24.1 Å². The summed E-state index contributed by atoms with van der Waals surface area (Å²) in [4.78, 5) is 25.0. The predicted molar refractivity (Wildman–Crippen MR) is 77.2 cm³/mol. The fraction of sp³-hybridized carbons (Fsp3) is 0.467. The second kappa shape index (κ2) is 6.89. The number of likely N-dealkylation sites (tertiary alicyclic amines) is 1. The molecule has 0 bridgehead atoms. The van der Waals surface area contributed by atoms with Gasteiger partial charge in [0.25, 0.3) is 5.91 Å². The van der Waals surface area contributed by atoms with Crippen LogP contribution in [0.3, 0.4) is 0 Å². The van der Waals surface area contributed by atoms with Crippen LogP contribution in [0.2, 0.25) is 0 Å². The van der Waals surface area contributed by atoms with Gasteiger partial charge in [-0.2, -0.15) is 13.2 Å². The van der Waals surface area contributed by atoms with E-state index in [-0.39, 0.29) is 30.8 Å². The third kappa shape index (κ3) is 4.14. The number of amides is 2. The first-order valence-electron chi connectivity index (χ1n) is 7.13. The topological polar surface area (TPSA) is 58.6 Å². The molecule has 1 N–H and O–H groups in total. The third-order valence-electron chi connectivity index (χ3n) is 3.75. The summed E-state index contributed by atoms with van der Waals surface area (Å²) >= 11 is 0. The number of para-hydroxylation sites is 1. The summed E-state index contributed by atoms with van der Waals surface area (Å²) in [5.41, 5.74) is 0.346. The fourth-order valence-electron chi connectivity index (χ4n) is 2.54. The highest BCUT2D eigenvalue weighted by atomic mass is 19.4. The number of nitrogens with zero attached hydrogens (tertiary/aromatic N) is 1. The molecule has 8 heteroatoms. The molecule has 0 saturated carbocycles. The number of halogens is 3. The zero-order valence-electron chi connectivity index (χ0n) is 12.5. The van der Waals surface area contributed by atoms with E-state index in [4.69, 9.17) is 0 Å². The van der Waals surface area contributed by atoms with E-state index in [1.807, 2.05) is 0 Å². The monoisotopic (exact) mass is 330 g/mol. The predicted octanol–water partition coefficient (Wildman–Crippen LogP) is 3.28. The number of ether oxygens (including phenoxy) is 1. The highest BCUT2D eigenvalue weighted by Crippen LogP contribution is 2.34. The molecule has 0 aromatic heterocycles. The van der Waals surface area contributed by atoms with Crippen molar-refractivity contribution in [2.24, 2.45) is 5.92 Å². The van der Waals surface area contributed by atoms with Gasteiger partial charge in [0.05, 0.1) is 24.3 Å². The molecule has 1 aromatic rings. The Morgan fingerprint density at radius 1 is 1.30 bits per heavy atom. The minimum absolute atomic E-state index is 0.0232. The number of carbonyl (C=O) groups excluding carboxylic acids is 2. The van der Waals surface area contributed by atoms with Crippen molar-refractivity contribution in [3.8, 4) is 0 Å². The summed E-state index contributed by atoms with van der Waals surface area (Å²) in [7, 11) is 1.18. The number of hydrogen-bond acceptors (Lipinski definition) is 3. The molecule has 0 unspecified atom stereocenters. The van der Waals surface area contributed by atoms with Crippen molar-refractivity contribution in [1.82, 2.24) is 4.90 Å². The van der Waals surface area contributed by atoms with E-state index in [9.17, 15) is 22.8 Å². The number of benzene rings is 1. The van der Waals surface area contributed by atoms with Crippen LogP contribution in [-0.2, 0) is 4.74 Å². The van der Waals surface area contributed by atoms with E-state index in [1.165, 1.54) is 24.1 Å². The van der Waals surface area contributed by atoms with Crippen LogP contribution < -0.4 is 5.32 Å². The normalized spacial score (nSPS) is 18.4. The van der Waals surface area contributed by atoms with Gasteiger partial charge in [0.1, 0.15) is 0 Å². The summed E-state index contributed by atoms with van der Waals surface area (Å²) in [6, 6.07) is 6.15. The van der Waals surface area contributed by atoms with Gasteiger partial charge in [-0.25, -0.2) is 4.79 Å². The van der Waals surface area contributed by atoms with Crippen molar-refractivity contribution in [2.75, 3.05) is 25.5 Å². The average Bonchev–Trinajstić information content (AvgIpc) is 2.54. The van der Waals surface area contributed by atoms with Crippen molar-refractivity contribution in [1.29, 1.82) is 0 Å². The third-order valence-corrected chi connectivity index (χ3v) is 3.75. The van der Waals surface area contributed by atoms with Crippen LogP contribution in [0.25, 0.3) is 0 Å². The Morgan fingerprint density at radius 2 is 2.00 bits per heavy atom. The smallest absolute Gasteiger partial charge is 0.411 e. The SMILES string of the molecule is COC(=O)Nc1ccccc1C(=O)N1CCC[C@H](C(F)(F)F)C1. The Labute approximate surface area is 131 Å². The van der Waals surface area contributed by atoms with Crippen LogP contribution in [-0.4, -0.2) is 43.3 Å². The van der Waals surface area contributed by atoms with Crippen LogP contribution in [0.1, 0.15) is 23.2 Å². The van der Waals surface area contributed by atoms with Gasteiger partial charge in [0, 0.05) is 13.1 Å². The second-order valence-corrected chi connectivity index (χ2v) is 5.29. The maximum atomic E-state index is 12.9. The lowest BCUT2D eigenvalue weighted by Gasteiger charge is -2.34.